The molecule has 0 spiro atoms. The highest BCUT2D eigenvalue weighted by Gasteiger charge is 2.21. The van der Waals surface area contributed by atoms with E-state index in [1.165, 1.54) is 5.56 Å². The lowest BCUT2D eigenvalue weighted by Crippen LogP contribution is -2.39. The Labute approximate surface area is 96.8 Å². The van der Waals surface area contributed by atoms with Crippen LogP contribution in [0.15, 0.2) is 24.3 Å². The van der Waals surface area contributed by atoms with Crippen molar-refractivity contribution in [2.45, 2.75) is 26.0 Å². The average molecular weight is 221 g/mol. The first-order valence-electron chi connectivity index (χ1n) is 5.88. The van der Waals surface area contributed by atoms with Gasteiger partial charge in [-0.15, -0.1) is 0 Å². The summed E-state index contributed by atoms with van der Waals surface area (Å²) in [7, 11) is 0. The van der Waals surface area contributed by atoms with E-state index in [4.69, 9.17) is 9.47 Å². The zero-order valence-corrected chi connectivity index (χ0v) is 9.90. The van der Waals surface area contributed by atoms with Crippen LogP contribution in [-0.4, -0.2) is 25.9 Å². The molecular formula is C13H19NO2. The van der Waals surface area contributed by atoms with Crippen molar-refractivity contribution < 1.29 is 9.47 Å². The van der Waals surface area contributed by atoms with Crippen molar-refractivity contribution in [1.82, 2.24) is 5.32 Å². The van der Waals surface area contributed by atoms with Gasteiger partial charge in [0.2, 0.25) is 0 Å². The second kappa shape index (κ2) is 5.32. The highest BCUT2D eigenvalue weighted by atomic mass is 16.6. The third-order valence-corrected chi connectivity index (χ3v) is 2.80. The Morgan fingerprint density at radius 1 is 1.44 bits per heavy atom. The lowest BCUT2D eigenvalue weighted by atomic mass is 10.1. The van der Waals surface area contributed by atoms with Crippen LogP contribution in [0.25, 0.3) is 0 Å². The first-order valence-corrected chi connectivity index (χ1v) is 5.88. The fraction of sp³-hybridized carbons (Fsp3) is 0.538. The molecule has 1 saturated heterocycles. The number of nitrogens with one attached hydrogen (secondary N) is 1. The molecule has 1 N–H and O–H groups in total. The predicted octanol–water partition coefficient (Wildman–Crippen LogP) is 2.13. The number of hydrogen-bond donors (Lipinski definition) is 1. The maximum Gasteiger partial charge on any atom is 0.145 e. The van der Waals surface area contributed by atoms with E-state index >= 15 is 0 Å². The summed E-state index contributed by atoms with van der Waals surface area (Å²) < 4.78 is 11.0. The molecule has 1 aliphatic heterocycles. The van der Waals surface area contributed by atoms with Crippen LogP contribution in [0.5, 0.6) is 5.75 Å². The molecule has 1 aromatic rings. The summed E-state index contributed by atoms with van der Waals surface area (Å²) in [6, 6.07) is 8.52. The Kier molecular flexibility index (Phi) is 3.80. The van der Waals surface area contributed by atoms with Crippen molar-refractivity contribution in [2.75, 3.05) is 19.8 Å². The first kappa shape index (κ1) is 11.4. The van der Waals surface area contributed by atoms with Crippen LogP contribution in [0.2, 0.25) is 0 Å². The van der Waals surface area contributed by atoms with Gasteiger partial charge in [-0.05, 0) is 19.5 Å². The van der Waals surface area contributed by atoms with Gasteiger partial charge in [-0.25, -0.2) is 0 Å². The van der Waals surface area contributed by atoms with E-state index in [1.807, 2.05) is 18.2 Å². The van der Waals surface area contributed by atoms with E-state index in [0.717, 1.165) is 12.3 Å². The summed E-state index contributed by atoms with van der Waals surface area (Å²) in [4.78, 5) is 0. The van der Waals surface area contributed by atoms with Crippen molar-refractivity contribution in [3.8, 4) is 5.75 Å². The largest absolute Gasteiger partial charge is 0.485 e. The van der Waals surface area contributed by atoms with Crippen molar-refractivity contribution in [3.63, 3.8) is 0 Å². The number of para-hydroxylation sites is 1. The lowest BCUT2D eigenvalue weighted by Gasteiger charge is -2.28. The minimum atomic E-state index is 0.231. The summed E-state index contributed by atoms with van der Waals surface area (Å²) in [6.07, 6.45) is 0.231. The van der Waals surface area contributed by atoms with Crippen molar-refractivity contribution in [2.24, 2.45) is 0 Å². The van der Waals surface area contributed by atoms with Crippen LogP contribution in [0, 0.1) is 0 Å². The molecule has 0 bridgehead atoms. The predicted molar refractivity (Wildman–Crippen MR) is 63.8 cm³/mol. The molecule has 3 nitrogen and oxygen atoms in total. The molecule has 88 valence electrons. The van der Waals surface area contributed by atoms with Crippen molar-refractivity contribution >= 4 is 0 Å². The average Bonchev–Trinajstić information content (AvgIpc) is 2.24. The van der Waals surface area contributed by atoms with Crippen LogP contribution in [0.3, 0.4) is 0 Å². The number of hydrogen-bond acceptors (Lipinski definition) is 3. The van der Waals surface area contributed by atoms with Gasteiger partial charge in [0.1, 0.15) is 11.9 Å². The maximum absolute atomic E-state index is 5.88. The van der Waals surface area contributed by atoms with E-state index in [9.17, 15) is 0 Å². The number of rotatable bonds is 5. The van der Waals surface area contributed by atoms with Gasteiger partial charge < -0.3 is 14.8 Å². The Morgan fingerprint density at radius 2 is 2.19 bits per heavy atom. The molecule has 3 heteroatoms. The van der Waals surface area contributed by atoms with Crippen LogP contribution in [0.1, 0.15) is 25.5 Å². The van der Waals surface area contributed by atoms with Crippen LogP contribution in [0.4, 0.5) is 0 Å². The van der Waals surface area contributed by atoms with Crippen LogP contribution in [-0.2, 0) is 4.74 Å². The van der Waals surface area contributed by atoms with Gasteiger partial charge in [0.25, 0.3) is 0 Å². The molecule has 16 heavy (non-hydrogen) atoms. The summed E-state index contributed by atoms with van der Waals surface area (Å²) in [5.74, 6) is 0.976. The highest BCUT2D eigenvalue weighted by Crippen LogP contribution is 2.26. The van der Waals surface area contributed by atoms with Gasteiger partial charge >= 0.3 is 0 Å². The standard InChI is InChI=1S/C13H19NO2/c1-3-14-10(2)12-6-4-5-7-13(12)16-11-8-15-9-11/h4-7,10-11,14H,3,8-9H2,1-2H3. The van der Waals surface area contributed by atoms with Gasteiger partial charge in [0, 0.05) is 11.6 Å². The molecule has 0 aliphatic carbocycles. The van der Waals surface area contributed by atoms with Gasteiger partial charge in [-0.1, -0.05) is 25.1 Å². The minimum absolute atomic E-state index is 0.231. The smallest absolute Gasteiger partial charge is 0.145 e. The van der Waals surface area contributed by atoms with Crippen LogP contribution < -0.4 is 10.1 Å². The second-order valence-electron chi connectivity index (χ2n) is 4.09. The normalized spacial score (nSPS) is 17.9. The topological polar surface area (TPSA) is 30.5 Å². The van der Waals surface area contributed by atoms with E-state index in [-0.39, 0.29) is 6.10 Å². The highest BCUT2D eigenvalue weighted by molar-refractivity contribution is 5.35. The maximum atomic E-state index is 5.88. The van der Waals surface area contributed by atoms with Gasteiger partial charge in [-0.2, -0.15) is 0 Å². The molecule has 2 rings (SSSR count). The molecule has 1 atom stereocenters. The zero-order chi connectivity index (χ0) is 11.4. The third kappa shape index (κ3) is 2.54. The molecule has 1 aliphatic rings. The monoisotopic (exact) mass is 221 g/mol. The Morgan fingerprint density at radius 3 is 2.81 bits per heavy atom. The fourth-order valence-corrected chi connectivity index (χ4v) is 1.82. The SMILES string of the molecule is CCNC(C)c1ccccc1OC1COC1. The Bertz CT molecular complexity index is 336. The summed E-state index contributed by atoms with van der Waals surface area (Å²) >= 11 is 0. The van der Waals surface area contributed by atoms with E-state index in [2.05, 4.69) is 25.2 Å². The molecule has 0 aromatic heterocycles. The second-order valence-corrected chi connectivity index (χ2v) is 4.09. The first-order chi connectivity index (χ1) is 7.81. The quantitative estimate of drug-likeness (QED) is 0.826. The summed E-state index contributed by atoms with van der Waals surface area (Å²) in [6.45, 7) is 6.65. The Hall–Kier alpha value is -1.06. The fourth-order valence-electron chi connectivity index (χ4n) is 1.82. The summed E-state index contributed by atoms with van der Waals surface area (Å²) in [5.41, 5.74) is 1.22. The zero-order valence-electron chi connectivity index (χ0n) is 9.90. The minimum Gasteiger partial charge on any atom is -0.485 e. The van der Waals surface area contributed by atoms with Gasteiger partial charge in [-0.3, -0.25) is 0 Å². The van der Waals surface area contributed by atoms with E-state index in [1.54, 1.807) is 0 Å². The molecular weight excluding hydrogens is 202 g/mol. The molecule has 1 heterocycles. The molecule has 1 aromatic carbocycles. The van der Waals surface area contributed by atoms with Crippen molar-refractivity contribution in [1.29, 1.82) is 0 Å². The molecule has 1 unspecified atom stereocenters. The van der Waals surface area contributed by atoms with Crippen molar-refractivity contribution in [3.05, 3.63) is 29.8 Å². The molecule has 0 saturated carbocycles. The lowest BCUT2D eigenvalue weighted by molar-refractivity contribution is -0.0801. The number of benzene rings is 1. The third-order valence-electron chi connectivity index (χ3n) is 2.80. The Balaban J connectivity index is 2.09. The van der Waals surface area contributed by atoms with Gasteiger partial charge in [0.15, 0.2) is 0 Å². The van der Waals surface area contributed by atoms with Crippen LogP contribution >= 0.6 is 0 Å². The van der Waals surface area contributed by atoms with Gasteiger partial charge in [0.05, 0.1) is 13.2 Å². The molecule has 0 radical (unpaired) electrons. The molecule has 1 fully saturated rings. The van der Waals surface area contributed by atoms with E-state index < -0.39 is 0 Å². The van der Waals surface area contributed by atoms with E-state index in [0.29, 0.717) is 19.3 Å². The number of ether oxygens (including phenoxy) is 2. The molecule has 0 amide bonds. The summed E-state index contributed by atoms with van der Waals surface area (Å²) in [5, 5.41) is 3.40.